The van der Waals surface area contributed by atoms with Crippen molar-refractivity contribution in [2.24, 2.45) is 0 Å². The van der Waals surface area contributed by atoms with Gasteiger partial charge in [-0.25, -0.2) is 4.68 Å². The molecule has 162 valence electrons. The average Bonchev–Trinajstić information content (AvgIpc) is 3.49. The lowest BCUT2D eigenvalue weighted by molar-refractivity contribution is 0.0504. The number of fused-ring (bicyclic) bond motifs is 1. The number of carbonyl (C=O) groups is 1. The Morgan fingerprint density at radius 1 is 1.10 bits per heavy atom. The second-order valence-corrected chi connectivity index (χ2v) is 8.67. The highest BCUT2D eigenvalue weighted by atomic mass is 16.5. The van der Waals surface area contributed by atoms with Crippen molar-refractivity contribution in [1.29, 1.82) is 0 Å². The number of benzene rings is 1. The van der Waals surface area contributed by atoms with Gasteiger partial charge in [0.1, 0.15) is 5.52 Å². The first-order valence-electron chi connectivity index (χ1n) is 11.4. The molecule has 5 rings (SSSR count). The van der Waals surface area contributed by atoms with Crippen LogP contribution in [0.5, 0.6) is 0 Å². The van der Waals surface area contributed by atoms with E-state index in [0.717, 1.165) is 49.0 Å². The Balaban J connectivity index is 1.39. The number of pyridine rings is 1. The molecule has 3 heterocycles. The molecule has 1 aliphatic carbocycles. The second-order valence-electron chi connectivity index (χ2n) is 8.67. The Labute approximate surface area is 182 Å². The maximum atomic E-state index is 13.5. The molecule has 7 nitrogen and oxygen atoms in total. The molecule has 2 aromatic heterocycles. The van der Waals surface area contributed by atoms with Crippen molar-refractivity contribution < 1.29 is 9.53 Å². The van der Waals surface area contributed by atoms with E-state index in [1.807, 2.05) is 41.3 Å². The Morgan fingerprint density at radius 2 is 2.00 bits per heavy atom. The maximum absolute atomic E-state index is 13.5. The van der Waals surface area contributed by atoms with Gasteiger partial charge in [0.05, 0.1) is 29.9 Å². The summed E-state index contributed by atoms with van der Waals surface area (Å²) < 4.78 is 7.86. The fourth-order valence-corrected chi connectivity index (χ4v) is 4.79. The van der Waals surface area contributed by atoms with Crippen molar-refractivity contribution in [1.82, 2.24) is 24.9 Å². The molecule has 1 aromatic carbocycles. The van der Waals surface area contributed by atoms with Crippen molar-refractivity contribution in [2.75, 3.05) is 13.2 Å². The quantitative estimate of drug-likeness (QED) is 0.600. The van der Waals surface area contributed by atoms with Crippen LogP contribution < -0.4 is 0 Å². The first-order valence-corrected chi connectivity index (χ1v) is 11.4. The van der Waals surface area contributed by atoms with E-state index in [4.69, 9.17) is 4.74 Å². The topological polar surface area (TPSA) is 73.1 Å². The highest BCUT2D eigenvalue weighted by Gasteiger charge is 2.25. The van der Waals surface area contributed by atoms with Gasteiger partial charge in [-0.3, -0.25) is 9.78 Å². The van der Waals surface area contributed by atoms with Crippen LogP contribution in [0.3, 0.4) is 0 Å². The van der Waals surface area contributed by atoms with E-state index >= 15 is 0 Å². The number of rotatable bonds is 6. The molecule has 2 aliphatic rings. The van der Waals surface area contributed by atoms with E-state index in [1.54, 1.807) is 6.20 Å². The van der Waals surface area contributed by atoms with Crippen molar-refractivity contribution in [3.63, 3.8) is 0 Å². The standard InChI is InChI=1S/C24H29N5O2/c30-24(28(17-21-10-6-14-31-21)16-19-7-4-5-13-25-19)18-11-12-23-22(15-18)26-27-29(23)20-8-2-1-3-9-20/h4-5,7,11-13,15,20-21H,1-3,6,8-10,14,16-17H2/t21-/m0/s1. The van der Waals surface area contributed by atoms with Gasteiger partial charge in [-0.1, -0.05) is 30.5 Å². The lowest BCUT2D eigenvalue weighted by Gasteiger charge is -2.25. The minimum absolute atomic E-state index is 0.0183. The largest absolute Gasteiger partial charge is 0.376 e. The summed E-state index contributed by atoms with van der Waals surface area (Å²) in [7, 11) is 0. The molecule has 1 aliphatic heterocycles. The summed E-state index contributed by atoms with van der Waals surface area (Å²) in [5, 5.41) is 8.82. The van der Waals surface area contributed by atoms with Gasteiger partial charge >= 0.3 is 0 Å². The van der Waals surface area contributed by atoms with Crippen LogP contribution in [-0.2, 0) is 11.3 Å². The molecule has 1 saturated carbocycles. The summed E-state index contributed by atoms with van der Waals surface area (Å²) in [5.41, 5.74) is 3.31. The molecule has 0 bridgehead atoms. The third-order valence-electron chi connectivity index (χ3n) is 6.45. The predicted molar refractivity (Wildman–Crippen MR) is 118 cm³/mol. The Kier molecular flexibility index (Phi) is 5.93. The molecule has 0 spiro atoms. The third-order valence-corrected chi connectivity index (χ3v) is 6.45. The van der Waals surface area contributed by atoms with E-state index in [2.05, 4.69) is 20.0 Å². The molecule has 1 amide bonds. The lowest BCUT2D eigenvalue weighted by atomic mass is 9.95. The zero-order valence-corrected chi connectivity index (χ0v) is 17.8. The number of carbonyl (C=O) groups excluding carboxylic acids is 1. The number of nitrogens with zero attached hydrogens (tertiary/aromatic N) is 5. The maximum Gasteiger partial charge on any atom is 0.254 e. The van der Waals surface area contributed by atoms with Crippen molar-refractivity contribution >= 4 is 16.9 Å². The van der Waals surface area contributed by atoms with Gasteiger partial charge < -0.3 is 9.64 Å². The average molecular weight is 420 g/mol. The Hall–Kier alpha value is -2.80. The van der Waals surface area contributed by atoms with E-state index < -0.39 is 0 Å². The molecule has 2 fully saturated rings. The highest BCUT2D eigenvalue weighted by Crippen LogP contribution is 2.30. The Bertz CT molecular complexity index is 1020. The van der Waals surface area contributed by atoms with Crippen LogP contribution in [0.25, 0.3) is 11.0 Å². The second kappa shape index (κ2) is 9.14. The summed E-state index contributed by atoms with van der Waals surface area (Å²) in [5.74, 6) is -0.0183. The van der Waals surface area contributed by atoms with Gasteiger partial charge in [0.15, 0.2) is 0 Å². The van der Waals surface area contributed by atoms with Crippen LogP contribution in [0, 0.1) is 0 Å². The van der Waals surface area contributed by atoms with Crippen LogP contribution in [0.4, 0.5) is 0 Å². The van der Waals surface area contributed by atoms with Gasteiger partial charge in [-0.05, 0) is 56.0 Å². The van der Waals surface area contributed by atoms with Gasteiger partial charge in [0, 0.05) is 24.9 Å². The number of ether oxygens (including phenoxy) is 1. The van der Waals surface area contributed by atoms with Crippen LogP contribution in [0.2, 0.25) is 0 Å². The van der Waals surface area contributed by atoms with Crippen molar-refractivity contribution in [2.45, 2.75) is 63.6 Å². The van der Waals surface area contributed by atoms with Gasteiger partial charge in [0.2, 0.25) is 0 Å². The normalized spacial score (nSPS) is 19.7. The fraction of sp³-hybridized carbons (Fsp3) is 0.500. The first-order chi connectivity index (χ1) is 15.3. The predicted octanol–water partition coefficient (Wildman–Crippen LogP) is 4.15. The molecular formula is C24H29N5O2. The number of hydrogen-bond donors (Lipinski definition) is 0. The van der Waals surface area contributed by atoms with E-state index in [0.29, 0.717) is 24.7 Å². The Morgan fingerprint density at radius 3 is 2.77 bits per heavy atom. The number of hydrogen-bond acceptors (Lipinski definition) is 5. The lowest BCUT2D eigenvalue weighted by Crippen LogP contribution is -2.37. The summed E-state index contributed by atoms with van der Waals surface area (Å²) in [4.78, 5) is 19.7. The molecule has 7 heteroatoms. The summed E-state index contributed by atoms with van der Waals surface area (Å²) >= 11 is 0. The molecule has 0 unspecified atom stereocenters. The van der Waals surface area contributed by atoms with E-state index in [-0.39, 0.29) is 12.0 Å². The summed E-state index contributed by atoms with van der Waals surface area (Å²) in [6, 6.07) is 12.0. The smallest absolute Gasteiger partial charge is 0.254 e. The molecule has 0 N–H and O–H groups in total. The molecule has 1 saturated heterocycles. The summed E-state index contributed by atoms with van der Waals surface area (Å²) in [6.45, 7) is 1.81. The van der Waals surface area contributed by atoms with E-state index in [9.17, 15) is 4.79 Å². The van der Waals surface area contributed by atoms with Crippen LogP contribution in [0.15, 0.2) is 42.6 Å². The zero-order valence-electron chi connectivity index (χ0n) is 17.8. The van der Waals surface area contributed by atoms with E-state index in [1.165, 1.54) is 19.3 Å². The number of amides is 1. The first kappa shape index (κ1) is 20.1. The summed E-state index contributed by atoms with van der Waals surface area (Å²) in [6.07, 6.45) is 9.98. The minimum atomic E-state index is -0.0183. The van der Waals surface area contributed by atoms with Gasteiger partial charge in [0.25, 0.3) is 5.91 Å². The minimum Gasteiger partial charge on any atom is -0.376 e. The van der Waals surface area contributed by atoms with Crippen LogP contribution >= 0.6 is 0 Å². The van der Waals surface area contributed by atoms with Crippen LogP contribution in [0.1, 0.15) is 67.0 Å². The highest BCUT2D eigenvalue weighted by molar-refractivity contribution is 5.97. The van der Waals surface area contributed by atoms with Crippen LogP contribution in [-0.4, -0.2) is 50.0 Å². The monoisotopic (exact) mass is 419 g/mol. The molecule has 1 atom stereocenters. The van der Waals surface area contributed by atoms with Crippen molar-refractivity contribution in [3.8, 4) is 0 Å². The molecule has 3 aromatic rings. The molecule has 0 radical (unpaired) electrons. The zero-order chi connectivity index (χ0) is 21.0. The SMILES string of the molecule is O=C(c1ccc2c(c1)nnn2C1CCCCC1)N(Cc1ccccn1)C[C@@H]1CCCO1. The number of aromatic nitrogens is 4. The molecule has 31 heavy (non-hydrogen) atoms. The fourth-order valence-electron chi connectivity index (χ4n) is 4.79. The van der Waals surface area contributed by atoms with Crippen molar-refractivity contribution in [3.05, 3.63) is 53.9 Å². The van der Waals surface area contributed by atoms with Gasteiger partial charge in [-0.15, -0.1) is 5.10 Å². The third kappa shape index (κ3) is 4.46. The van der Waals surface area contributed by atoms with Gasteiger partial charge in [-0.2, -0.15) is 0 Å². The molecular weight excluding hydrogens is 390 g/mol.